The van der Waals surface area contributed by atoms with Gasteiger partial charge in [0.1, 0.15) is 0 Å². The van der Waals surface area contributed by atoms with Crippen LogP contribution >= 0.6 is 23.4 Å². The van der Waals surface area contributed by atoms with Crippen LogP contribution in [-0.4, -0.2) is 63.8 Å². The number of nitrogens with zero attached hydrogens (tertiary/aromatic N) is 4. The lowest BCUT2D eigenvalue weighted by Gasteiger charge is -2.26. The third-order valence-electron chi connectivity index (χ3n) is 4.57. The normalized spacial score (nSPS) is 18.6. The number of carbonyl (C=O) groups is 1. The highest BCUT2D eigenvalue weighted by Gasteiger charge is 2.33. The van der Waals surface area contributed by atoms with Gasteiger partial charge in [-0.3, -0.25) is 4.79 Å². The molecule has 1 aliphatic heterocycles. The molecule has 1 amide bonds. The van der Waals surface area contributed by atoms with Gasteiger partial charge >= 0.3 is 0 Å². The first-order valence-corrected chi connectivity index (χ1v) is 11.8. The summed E-state index contributed by atoms with van der Waals surface area (Å²) < 4.78 is 25.2. The van der Waals surface area contributed by atoms with Crippen molar-refractivity contribution in [2.45, 2.75) is 24.5 Å². The van der Waals surface area contributed by atoms with Crippen molar-refractivity contribution in [2.75, 3.05) is 23.8 Å². The number of carbonyl (C=O) groups excluding carboxylic acids is 1. The predicted octanol–water partition coefficient (Wildman–Crippen LogP) is 2.26. The van der Waals surface area contributed by atoms with Crippen LogP contribution in [0.1, 0.15) is 13.3 Å². The molecular formula is C17H21ClN4O3S2. The van der Waals surface area contributed by atoms with Gasteiger partial charge in [-0.2, -0.15) is 0 Å². The van der Waals surface area contributed by atoms with E-state index in [1.54, 1.807) is 17.0 Å². The van der Waals surface area contributed by atoms with E-state index in [0.29, 0.717) is 29.0 Å². The van der Waals surface area contributed by atoms with Gasteiger partial charge in [-0.15, -0.1) is 10.2 Å². The molecule has 0 aliphatic carbocycles. The van der Waals surface area contributed by atoms with Gasteiger partial charge in [0.25, 0.3) is 0 Å². The molecule has 1 aromatic heterocycles. The molecular weight excluding hydrogens is 408 g/mol. The molecule has 0 N–H and O–H groups in total. The fourth-order valence-corrected chi connectivity index (χ4v) is 5.81. The zero-order valence-corrected chi connectivity index (χ0v) is 17.5. The van der Waals surface area contributed by atoms with Gasteiger partial charge in [-0.1, -0.05) is 23.4 Å². The van der Waals surface area contributed by atoms with Crippen molar-refractivity contribution in [3.05, 3.63) is 29.3 Å². The molecule has 0 spiro atoms. The second-order valence-electron chi connectivity index (χ2n) is 6.40. The Bertz CT molecular complexity index is 928. The summed E-state index contributed by atoms with van der Waals surface area (Å²) in [5.41, 5.74) is 0.888. The van der Waals surface area contributed by atoms with Crippen LogP contribution in [0.25, 0.3) is 11.4 Å². The number of halogens is 1. The van der Waals surface area contributed by atoms with E-state index in [2.05, 4.69) is 10.2 Å². The van der Waals surface area contributed by atoms with Gasteiger partial charge in [-0.25, -0.2) is 8.42 Å². The maximum Gasteiger partial charge on any atom is 0.233 e. The highest BCUT2D eigenvalue weighted by atomic mass is 35.5. The Hall–Kier alpha value is -1.58. The first-order chi connectivity index (χ1) is 12.8. The molecule has 1 atom stereocenters. The topological polar surface area (TPSA) is 85.2 Å². The Labute approximate surface area is 168 Å². The van der Waals surface area contributed by atoms with Crippen LogP contribution in [0.5, 0.6) is 0 Å². The number of hydrogen-bond acceptors (Lipinski definition) is 6. The maximum atomic E-state index is 12.6. The summed E-state index contributed by atoms with van der Waals surface area (Å²) in [5.74, 6) is 1.01. The predicted molar refractivity (Wildman–Crippen MR) is 107 cm³/mol. The van der Waals surface area contributed by atoms with Crippen molar-refractivity contribution in [1.82, 2.24) is 19.7 Å². The van der Waals surface area contributed by atoms with Crippen molar-refractivity contribution < 1.29 is 13.2 Å². The molecule has 1 aliphatic rings. The molecule has 0 radical (unpaired) electrons. The molecule has 1 saturated heterocycles. The molecule has 1 aromatic carbocycles. The number of amides is 1. The molecule has 0 saturated carbocycles. The number of rotatable bonds is 6. The Morgan fingerprint density at radius 2 is 2.04 bits per heavy atom. The average Bonchev–Trinajstić information content (AvgIpc) is 3.17. The molecule has 0 bridgehead atoms. The van der Waals surface area contributed by atoms with Gasteiger partial charge in [0.2, 0.25) is 5.91 Å². The van der Waals surface area contributed by atoms with Gasteiger partial charge in [0.15, 0.2) is 20.8 Å². The second-order valence-corrected chi connectivity index (χ2v) is 10.0. The van der Waals surface area contributed by atoms with Crippen molar-refractivity contribution >= 4 is 39.1 Å². The number of sulfone groups is 1. The minimum Gasteiger partial charge on any atom is -0.338 e. The fraction of sp³-hybridized carbons (Fsp3) is 0.471. The van der Waals surface area contributed by atoms with Crippen LogP contribution in [0.3, 0.4) is 0 Å². The fourth-order valence-electron chi connectivity index (χ4n) is 3.16. The van der Waals surface area contributed by atoms with Crippen molar-refractivity contribution in [3.63, 3.8) is 0 Å². The lowest BCUT2D eigenvalue weighted by Crippen LogP contribution is -2.42. The van der Waals surface area contributed by atoms with Crippen LogP contribution in [0.4, 0.5) is 0 Å². The van der Waals surface area contributed by atoms with E-state index in [9.17, 15) is 13.2 Å². The largest absolute Gasteiger partial charge is 0.338 e. The van der Waals surface area contributed by atoms with Crippen LogP contribution < -0.4 is 0 Å². The molecule has 2 heterocycles. The summed E-state index contributed by atoms with van der Waals surface area (Å²) in [6.45, 7) is 2.36. The van der Waals surface area contributed by atoms with Crippen LogP contribution in [-0.2, 0) is 21.7 Å². The SMILES string of the molecule is CCN(C(=O)CSc1nnc(-c2ccc(Cl)cc2)n1C)C1CCS(=O)(=O)C1. The quantitative estimate of drug-likeness (QED) is 0.656. The summed E-state index contributed by atoms with van der Waals surface area (Å²) in [6, 6.07) is 7.08. The Balaban J connectivity index is 1.66. The highest BCUT2D eigenvalue weighted by Crippen LogP contribution is 2.25. The van der Waals surface area contributed by atoms with E-state index in [1.807, 2.05) is 30.7 Å². The minimum atomic E-state index is -3.02. The zero-order valence-electron chi connectivity index (χ0n) is 15.1. The number of hydrogen-bond donors (Lipinski definition) is 0. The number of benzene rings is 1. The summed E-state index contributed by atoms with van der Waals surface area (Å²) in [4.78, 5) is 14.3. The molecule has 27 heavy (non-hydrogen) atoms. The monoisotopic (exact) mass is 428 g/mol. The Morgan fingerprint density at radius 3 is 2.63 bits per heavy atom. The van der Waals surface area contributed by atoms with Gasteiger partial charge in [0, 0.05) is 30.2 Å². The van der Waals surface area contributed by atoms with E-state index >= 15 is 0 Å². The zero-order chi connectivity index (χ0) is 19.6. The van der Waals surface area contributed by atoms with E-state index in [-0.39, 0.29) is 29.2 Å². The summed E-state index contributed by atoms with van der Waals surface area (Å²) in [6.07, 6.45) is 0.511. The first-order valence-electron chi connectivity index (χ1n) is 8.58. The van der Waals surface area contributed by atoms with Gasteiger partial charge in [-0.05, 0) is 37.6 Å². The molecule has 1 unspecified atom stereocenters. The molecule has 7 nitrogen and oxygen atoms in total. The molecule has 2 aromatic rings. The minimum absolute atomic E-state index is 0.0575. The first kappa shape index (κ1) is 20.2. The maximum absolute atomic E-state index is 12.6. The third kappa shape index (κ3) is 4.64. The van der Waals surface area contributed by atoms with E-state index < -0.39 is 9.84 Å². The molecule has 146 valence electrons. The smallest absolute Gasteiger partial charge is 0.233 e. The molecule has 10 heteroatoms. The highest BCUT2D eigenvalue weighted by molar-refractivity contribution is 7.99. The number of aromatic nitrogens is 3. The lowest BCUT2D eigenvalue weighted by molar-refractivity contribution is -0.129. The molecule has 1 fully saturated rings. The van der Waals surface area contributed by atoms with Crippen molar-refractivity contribution in [1.29, 1.82) is 0 Å². The van der Waals surface area contributed by atoms with E-state index in [4.69, 9.17) is 11.6 Å². The van der Waals surface area contributed by atoms with Crippen LogP contribution in [0, 0.1) is 0 Å². The van der Waals surface area contributed by atoms with Crippen LogP contribution in [0.15, 0.2) is 29.4 Å². The van der Waals surface area contributed by atoms with Crippen LogP contribution in [0.2, 0.25) is 5.02 Å². The number of thioether (sulfide) groups is 1. The average molecular weight is 429 g/mol. The standard InChI is InChI=1S/C17H21ClN4O3S2/c1-3-22(14-8-9-27(24,25)11-14)15(23)10-26-17-20-19-16(21(17)2)12-4-6-13(18)7-5-12/h4-7,14H,3,8-11H2,1-2H3. The summed E-state index contributed by atoms with van der Waals surface area (Å²) in [7, 11) is -1.18. The molecule has 3 rings (SSSR count). The van der Waals surface area contributed by atoms with Crippen molar-refractivity contribution in [2.24, 2.45) is 7.05 Å². The second kappa shape index (κ2) is 8.20. The van der Waals surface area contributed by atoms with Gasteiger partial charge < -0.3 is 9.47 Å². The van der Waals surface area contributed by atoms with E-state index in [0.717, 1.165) is 5.56 Å². The van der Waals surface area contributed by atoms with E-state index in [1.165, 1.54) is 11.8 Å². The van der Waals surface area contributed by atoms with Crippen molar-refractivity contribution in [3.8, 4) is 11.4 Å². The lowest BCUT2D eigenvalue weighted by atomic mass is 10.2. The Kier molecular flexibility index (Phi) is 6.12. The summed E-state index contributed by atoms with van der Waals surface area (Å²) in [5, 5.41) is 9.64. The third-order valence-corrected chi connectivity index (χ3v) is 7.58. The van der Waals surface area contributed by atoms with Gasteiger partial charge in [0.05, 0.1) is 17.3 Å². The Morgan fingerprint density at radius 1 is 1.33 bits per heavy atom. The summed E-state index contributed by atoms with van der Waals surface area (Å²) >= 11 is 7.22.